The lowest BCUT2D eigenvalue weighted by Gasteiger charge is -2.43. The van der Waals surface area contributed by atoms with Gasteiger partial charge >= 0.3 is 6.03 Å². The fourth-order valence-corrected chi connectivity index (χ4v) is 3.42. The molecule has 1 N–H and O–H groups in total. The van der Waals surface area contributed by atoms with Crippen LogP contribution in [0.3, 0.4) is 0 Å². The molecule has 2 heterocycles. The van der Waals surface area contributed by atoms with Gasteiger partial charge in [-0.3, -0.25) is 14.9 Å². The Morgan fingerprint density at radius 1 is 0.895 bits per heavy atom. The molecule has 0 radical (unpaired) electrons. The highest BCUT2D eigenvalue weighted by Crippen LogP contribution is 2.42. The maximum absolute atomic E-state index is 12.7. The first kappa shape index (κ1) is 12.6. The standard InChI is InChI=1S/C13H19N3O3/c17-10-13(6-2-3-7-13)11(18)16(12(19)14-10)15-8-4-1-5-9-15/h1-9H2,(H,14,17,19). The zero-order valence-corrected chi connectivity index (χ0v) is 11.0. The lowest BCUT2D eigenvalue weighted by atomic mass is 9.82. The number of amides is 4. The van der Waals surface area contributed by atoms with Gasteiger partial charge in [0.25, 0.3) is 5.91 Å². The van der Waals surface area contributed by atoms with Crippen molar-refractivity contribution in [1.29, 1.82) is 0 Å². The van der Waals surface area contributed by atoms with E-state index in [4.69, 9.17) is 0 Å². The van der Waals surface area contributed by atoms with E-state index in [-0.39, 0.29) is 5.91 Å². The van der Waals surface area contributed by atoms with Crippen molar-refractivity contribution in [2.45, 2.75) is 44.9 Å². The van der Waals surface area contributed by atoms with Gasteiger partial charge in [0.2, 0.25) is 5.91 Å². The second-order valence-electron chi connectivity index (χ2n) is 5.68. The molecule has 0 bridgehead atoms. The molecule has 1 aliphatic carbocycles. The molecule has 1 saturated carbocycles. The van der Waals surface area contributed by atoms with Gasteiger partial charge in [0.1, 0.15) is 5.41 Å². The number of urea groups is 1. The van der Waals surface area contributed by atoms with Crippen LogP contribution in [0.1, 0.15) is 44.9 Å². The van der Waals surface area contributed by atoms with E-state index in [0.29, 0.717) is 25.9 Å². The third-order valence-corrected chi connectivity index (χ3v) is 4.52. The number of barbiturate groups is 1. The van der Waals surface area contributed by atoms with Gasteiger partial charge in [-0.25, -0.2) is 9.80 Å². The number of rotatable bonds is 1. The Balaban J connectivity index is 1.88. The van der Waals surface area contributed by atoms with E-state index in [1.54, 1.807) is 5.01 Å². The minimum atomic E-state index is -0.981. The van der Waals surface area contributed by atoms with E-state index in [1.165, 1.54) is 5.01 Å². The summed E-state index contributed by atoms with van der Waals surface area (Å²) < 4.78 is 0. The van der Waals surface area contributed by atoms with Crippen LogP contribution in [0.5, 0.6) is 0 Å². The van der Waals surface area contributed by atoms with Crippen LogP contribution in [0.25, 0.3) is 0 Å². The third kappa shape index (κ3) is 1.85. The first-order valence-electron chi connectivity index (χ1n) is 7.10. The Labute approximate surface area is 112 Å². The van der Waals surface area contributed by atoms with Crippen molar-refractivity contribution < 1.29 is 14.4 Å². The van der Waals surface area contributed by atoms with Gasteiger partial charge in [0.05, 0.1) is 0 Å². The molecule has 2 aliphatic heterocycles. The van der Waals surface area contributed by atoms with Gasteiger partial charge < -0.3 is 0 Å². The predicted octanol–water partition coefficient (Wildman–Crippen LogP) is 1.03. The van der Waals surface area contributed by atoms with Crippen LogP contribution in [-0.4, -0.2) is 41.0 Å². The van der Waals surface area contributed by atoms with E-state index >= 15 is 0 Å². The smallest absolute Gasteiger partial charge is 0.275 e. The molecule has 0 unspecified atom stereocenters. The monoisotopic (exact) mass is 265 g/mol. The second kappa shape index (κ2) is 4.59. The highest BCUT2D eigenvalue weighted by molar-refractivity contribution is 6.18. The van der Waals surface area contributed by atoms with Crippen molar-refractivity contribution in [1.82, 2.24) is 15.3 Å². The molecule has 0 aromatic heterocycles. The zero-order chi connectivity index (χ0) is 13.5. The average Bonchev–Trinajstić information content (AvgIpc) is 2.89. The molecular formula is C13H19N3O3. The van der Waals surface area contributed by atoms with Gasteiger partial charge in [0, 0.05) is 13.1 Å². The summed E-state index contributed by atoms with van der Waals surface area (Å²) in [5.74, 6) is -0.700. The first-order valence-corrected chi connectivity index (χ1v) is 7.10. The van der Waals surface area contributed by atoms with Crippen LogP contribution in [-0.2, 0) is 9.59 Å². The highest BCUT2D eigenvalue weighted by atomic mass is 16.2. The molecule has 6 heteroatoms. The summed E-state index contributed by atoms with van der Waals surface area (Å²) in [6, 6.07) is -0.575. The van der Waals surface area contributed by atoms with E-state index in [0.717, 1.165) is 32.1 Å². The van der Waals surface area contributed by atoms with Crippen LogP contribution < -0.4 is 5.32 Å². The summed E-state index contributed by atoms with van der Waals surface area (Å²) >= 11 is 0. The Hall–Kier alpha value is -1.43. The maximum Gasteiger partial charge on any atom is 0.345 e. The van der Waals surface area contributed by atoms with Crippen molar-refractivity contribution in [3.63, 3.8) is 0 Å². The van der Waals surface area contributed by atoms with Crippen molar-refractivity contribution in [3.8, 4) is 0 Å². The number of hydrogen-bond acceptors (Lipinski definition) is 4. The Kier molecular flexibility index (Phi) is 3.05. The summed E-state index contributed by atoms with van der Waals surface area (Å²) in [6.07, 6.45) is 5.98. The Morgan fingerprint density at radius 3 is 2.16 bits per heavy atom. The van der Waals surface area contributed by atoms with Crippen molar-refractivity contribution in [2.24, 2.45) is 5.41 Å². The number of hydrazine groups is 1. The number of nitrogens with zero attached hydrogens (tertiary/aromatic N) is 2. The summed E-state index contributed by atoms with van der Waals surface area (Å²) in [6.45, 7) is 1.42. The molecule has 6 nitrogen and oxygen atoms in total. The van der Waals surface area contributed by atoms with Gasteiger partial charge in [-0.05, 0) is 25.7 Å². The molecule has 2 saturated heterocycles. The van der Waals surface area contributed by atoms with Crippen LogP contribution >= 0.6 is 0 Å². The maximum atomic E-state index is 12.7. The quantitative estimate of drug-likeness (QED) is 0.719. The lowest BCUT2D eigenvalue weighted by molar-refractivity contribution is -0.163. The zero-order valence-electron chi connectivity index (χ0n) is 11.0. The van der Waals surface area contributed by atoms with Gasteiger partial charge in [0.15, 0.2) is 0 Å². The normalized spacial score (nSPS) is 28.0. The SMILES string of the molecule is O=C1NC(=O)C2(CCCC2)C(=O)N1N1CCCCC1. The molecule has 19 heavy (non-hydrogen) atoms. The largest absolute Gasteiger partial charge is 0.345 e. The second-order valence-corrected chi connectivity index (χ2v) is 5.68. The number of imide groups is 2. The molecule has 3 fully saturated rings. The lowest BCUT2D eigenvalue weighted by Crippen LogP contribution is -2.67. The first-order chi connectivity index (χ1) is 9.15. The number of carbonyl (C=O) groups excluding carboxylic acids is 3. The molecule has 104 valence electrons. The highest BCUT2D eigenvalue weighted by Gasteiger charge is 2.56. The fourth-order valence-electron chi connectivity index (χ4n) is 3.42. The molecule has 0 aromatic carbocycles. The summed E-state index contributed by atoms with van der Waals surface area (Å²) in [7, 11) is 0. The Morgan fingerprint density at radius 2 is 1.53 bits per heavy atom. The molecule has 1 spiro atoms. The molecule has 3 rings (SSSR count). The minimum Gasteiger partial charge on any atom is -0.275 e. The van der Waals surface area contributed by atoms with Crippen LogP contribution in [0.15, 0.2) is 0 Å². The van der Waals surface area contributed by atoms with Crippen LogP contribution in [0.2, 0.25) is 0 Å². The summed E-state index contributed by atoms with van der Waals surface area (Å²) in [5.41, 5.74) is -0.981. The van der Waals surface area contributed by atoms with Crippen molar-refractivity contribution >= 4 is 17.8 Å². The molecule has 0 atom stereocenters. The van der Waals surface area contributed by atoms with Crippen LogP contribution in [0, 0.1) is 5.41 Å². The minimum absolute atomic E-state index is 0.305. The molecule has 0 aromatic rings. The van der Waals surface area contributed by atoms with E-state index < -0.39 is 17.4 Å². The Bertz CT molecular complexity index is 423. The van der Waals surface area contributed by atoms with Crippen molar-refractivity contribution in [2.75, 3.05) is 13.1 Å². The third-order valence-electron chi connectivity index (χ3n) is 4.52. The van der Waals surface area contributed by atoms with E-state index in [1.807, 2.05) is 0 Å². The summed E-state index contributed by atoms with van der Waals surface area (Å²) in [5, 5.41) is 5.37. The number of piperidine rings is 1. The molecular weight excluding hydrogens is 246 g/mol. The number of carbonyl (C=O) groups is 3. The number of hydrogen-bond donors (Lipinski definition) is 1. The topological polar surface area (TPSA) is 69.7 Å². The molecule has 3 aliphatic rings. The number of nitrogens with one attached hydrogen (secondary N) is 1. The van der Waals surface area contributed by atoms with Crippen molar-refractivity contribution in [3.05, 3.63) is 0 Å². The average molecular weight is 265 g/mol. The van der Waals surface area contributed by atoms with E-state index in [9.17, 15) is 14.4 Å². The van der Waals surface area contributed by atoms with Gasteiger partial charge in [-0.1, -0.05) is 19.3 Å². The summed E-state index contributed by atoms with van der Waals surface area (Å²) in [4.78, 5) is 36.7. The van der Waals surface area contributed by atoms with Gasteiger partial charge in [-0.2, -0.15) is 5.01 Å². The van der Waals surface area contributed by atoms with Crippen LogP contribution in [0.4, 0.5) is 4.79 Å². The fraction of sp³-hybridized carbons (Fsp3) is 0.769. The van der Waals surface area contributed by atoms with E-state index in [2.05, 4.69) is 5.32 Å². The predicted molar refractivity (Wildman–Crippen MR) is 66.7 cm³/mol. The van der Waals surface area contributed by atoms with Gasteiger partial charge in [-0.15, -0.1) is 0 Å². The molecule has 4 amide bonds.